The van der Waals surface area contributed by atoms with Crippen LogP contribution in [0.3, 0.4) is 0 Å². The summed E-state index contributed by atoms with van der Waals surface area (Å²) in [6.07, 6.45) is 0.628. The lowest BCUT2D eigenvalue weighted by Gasteiger charge is -2.20. The summed E-state index contributed by atoms with van der Waals surface area (Å²) in [5.41, 5.74) is 0.776. The number of nitro groups is 1. The van der Waals surface area contributed by atoms with Gasteiger partial charge in [-0.1, -0.05) is 35.9 Å². The second-order valence-corrected chi connectivity index (χ2v) is 9.48. The summed E-state index contributed by atoms with van der Waals surface area (Å²) in [6, 6.07) is 12.8. The van der Waals surface area contributed by atoms with Crippen LogP contribution in [0.5, 0.6) is 0 Å². The number of halogens is 1. The third-order valence-electron chi connectivity index (χ3n) is 4.22. The fourth-order valence-electron chi connectivity index (χ4n) is 2.88. The van der Waals surface area contributed by atoms with Crippen LogP contribution >= 0.6 is 23.4 Å². The Morgan fingerprint density at radius 1 is 1.15 bits per heavy atom. The van der Waals surface area contributed by atoms with Crippen LogP contribution in [0, 0.1) is 10.1 Å². The number of thioether (sulfide) groups is 1. The predicted molar refractivity (Wildman–Crippen MR) is 103 cm³/mol. The third kappa shape index (κ3) is 4.03. The lowest BCUT2D eigenvalue weighted by molar-refractivity contribution is -0.385. The van der Waals surface area contributed by atoms with Crippen molar-refractivity contribution >= 4 is 39.1 Å². The van der Waals surface area contributed by atoms with Crippen LogP contribution in [-0.2, 0) is 10.0 Å². The average Bonchev–Trinajstić information content (AvgIpc) is 2.89. The molecule has 0 aliphatic carbocycles. The smallest absolute Gasteiger partial charge is 0.258 e. The van der Waals surface area contributed by atoms with Gasteiger partial charge in [-0.2, -0.15) is 16.1 Å². The maximum atomic E-state index is 12.9. The van der Waals surface area contributed by atoms with E-state index < -0.39 is 14.9 Å². The van der Waals surface area contributed by atoms with Crippen LogP contribution in [0.25, 0.3) is 0 Å². The van der Waals surface area contributed by atoms with Crippen LogP contribution in [0.1, 0.15) is 17.2 Å². The molecule has 1 unspecified atom stereocenters. The van der Waals surface area contributed by atoms with Gasteiger partial charge in [0.05, 0.1) is 9.82 Å². The van der Waals surface area contributed by atoms with Crippen LogP contribution < -0.4 is 0 Å². The summed E-state index contributed by atoms with van der Waals surface area (Å²) in [5, 5.41) is 11.7. The summed E-state index contributed by atoms with van der Waals surface area (Å²) < 4.78 is 27.2. The molecule has 138 valence electrons. The largest absolute Gasteiger partial charge is 0.270 e. The van der Waals surface area contributed by atoms with Crippen molar-refractivity contribution in [3.05, 3.63) is 69.2 Å². The highest BCUT2D eigenvalue weighted by Crippen LogP contribution is 2.38. The minimum atomic E-state index is -3.77. The number of non-ortho nitro benzene ring substituents is 1. The minimum Gasteiger partial charge on any atom is -0.258 e. The summed E-state index contributed by atoms with van der Waals surface area (Å²) in [7, 11) is -3.77. The number of benzene rings is 2. The fraction of sp³-hybridized carbons (Fsp3) is 0.294. The first kappa shape index (κ1) is 19.2. The molecule has 0 bridgehead atoms. The zero-order chi connectivity index (χ0) is 18.7. The first-order chi connectivity index (χ1) is 12.4. The molecule has 26 heavy (non-hydrogen) atoms. The Balaban J connectivity index is 1.81. The zero-order valence-electron chi connectivity index (χ0n) is 13.7. The van der Waals surface area contributed by atoms with E-state index in [1.54, 1.807) is 11.8 Å². The first-order valence-electron chi connectivity index (χ1n) is 8.00. The normalized spacial score (nSPS) is 19.0. The molecule has 0 amide bonds. The first-order valence-corrected chi connectivity index (χ1v) is 10.9. The van der Waals surface area contributed by atoms with E-state index in [2.05, 4.69) is 0 Å². The van der Waals surface area contributed by atoms with Gasteiger partial charge in [0.25, 0.3) is 5.69 Å². The van der Waals surface area contributed by atoms with Crippen molar-refractivity contribution in [2.24, 2.45) is 0 Å². The number of nitrogens with zero attached hydrogens (tertiary/aromatic N) is 2. The van der Waals surface area contributed by atoms with Gasteiger partial charge in [-0.05, 0) is 24.1 Å². The highest BCUT2D eigenvalue weighted by Gasteiger charge is 2.29. The standard InChI is InChI=1S/C17H17ClN2O4S2/c18-16-7-2-1-6-15(16)17-8-9-19(10-11-25-17)26(23,24)14-5-3-4-13(12-14)20(21)22/h1-7,12,17H,8-11H2. The molecule has 6 nitrogen and oxygen atoms in total. The van der Waals surface area contributed by atoms with Gasteiger partial charge < -0.3 is 0 Å². The average molecular weight is 413 g/mol. The maximum absolute atomic E-state index is 12.9. The van der Waals surface area contributed by atoms with Crippen LogP contribution in [-0.4, -0.2) is 36.5 Å². The highest BCUT2D eigenvalue weighted by atomic mass is 35.5. The number of rotatable bonds is 4. The van der Waals surface area contributed by atoms with E-state index in [0.29, 0.717) is 30.3 Å². The van der Waals surface area contributed by atoms with Crippen molar-refractivity contribution in [3.8, 4) is 0 Å². The van der Waals surface area contributed by atoms with Gasteiger partial charge in [-0.3, -0.25) is 10.1 Å². The Hall–Kier alpha value is -1.61. The van der Waals surface area contributed by atoms with Crippen molar-refractivity contribution < 1.29 is 13.3 Å². The molecule has 0 spiro atoms. The molecule has 1 aliphatic rings. The molecule has 9 heteroatoms. The summed E-state index contributed by atoms with van der Waals surface area (Å²) >= 11 is 7.95. The van der Waals surface area contributed by atoms with E-state index in [4.69, 9.17) is 11.6 Å². The highest BCUT2D eigenvalue weighted by molar-refractivity contribution is 7.99. The van der Waals surface area contributed by atoms with Crippen LogP contribution in [0.2, 0.25) is 5.02 Å². The van der Waals surface area contributed by atoms with Crippen molar-refractivity contribution in [1.82, 2.24) is 4.31 Å². The van der Waals surface area contributed by atoms with Crippen molar-refractivity contribution in [3.63, 3.8) is 0 Å². The molecule has 1 fully saturated rings. The molecule has 0 aromatic heterocycles. The van der Waals surface area contributed by atoms with E-state index in [0.717, 1.165) is 11.6 Å². The van der Waals surface area contributed by atoms with Crippen molar-refractivity contribution in [1.29, 1.82) is 0 Å². The molecule has 1 heterocycles. The number of hydrogen-bond acceptors (Lipinski definition) is 5. The monoisotopic (exact) mass is 412 g/mol. The molecule has 1 aliphatic heterocycles. The second-order valence-electron chi connectivity index (χ2n) is 5.83. The quantitative estimate of drug-likeness (QED) is 0.557. The van der Waals surface area contributed by atoms with Gasteiger partial charge in [0.2, 0.25) is 10.0 Å². The molecule has 3 rings (SSSR count). The van der Waals surface area contributed by atoms with Crippen molar-refractivity contribution in [2.45, 2.75) is 16.6 Å². The van der Waals surface area contributed by atoms with E-state index in [9.17, 15) is 18.5 Å². The molecular formula is C17H17ClN2O4S2. The predicted octanol–water partition coefficient (Wildman–Crippen LogP) is 4.12. The Morgan fingerprint density at radius 2 is 1.92 bits per heavy atom. The van der Waals surface area contributed by atoms with E-state index in [1.807, 2.05) is 24.3 Å². The maximum Gasteiger partial charge on any atom is 0.270 e. The third-order valence-corrected chi connectivity index (χ3v) is 7.77. The Bertz CT molecular complexity index is 920. The van der Waals surface area contributed by atoms with Gasteiger partial charge in [0, 0.05) is 41.2 Å². The molecule has 1 saturated heterocycles. The summed E-state index contributed by atoms with van der Waals surface area (Å²) in [6.45, 7) is 0.699. The van der Waals surface area contributed by atoms with E-state index in [-0.39, 0.29) is 15.8 Å². The van der Waals surface area contributed by atoms with E-state index in [1.165, 1.54) is 22.5 Å². The molecule has 0 N–H and O–H groups in total. The Morgan fingerprint density at radius 3 is 2.65 bits per heavy atom. The van der Waals surface area contributed by atoms with Crippen LogP contribution in [0.4, 0.5) is 5.69 Å². The van der Waals surface area contributed by atoms with E-state index >= 15 is 0 Å². The Labute approximate surface area is 161 Å². The van der Waals surface area contributed by atoms with Gasteiger partial charge in [-0.15, -0.1) is 0 Å². The second kappa shape index (κ2) is 7.96. The van der Waals surface area contributed by atoms with Crippen LogP contribution in [0.15, 0.2) is 53.4 Å². The lowest BCUT2D eigenvalue weighted by atomic mass is 10.1. The number of hydrogen-bond donors (Lipinski definition) is 0. The molecule has 0 radical (unpaired) electrons. The summed E-state index contributed by atoms with van der Waals surface area (Å²) in [4.78, 5) is 10.3. The lowest BCUT2D eigenvalue weighted by Crippen LogP contribution is -2.33. The van der Waals surface area contributed by atoms with Gasteiger partial charge in [0.1, 0.15) is 0 Å². The van der Waals surface area contributed by atoms with Crippen molar-refractivity contribution in [2.75, 3.05) is 18.8 Å². The molecule has 1 atom stereocenters. The Kier molecular flexibility index (Phi) is 5.86. The molecule has 2 aromatic carbocycles. The summed E-state index contributed by atoms with van der Waals surface area (Å²) in [5.74, 6) is 0.629. The number of sulfonamides is 1. The van der Waals surface area contributed by atoms with Gasteiger partial charge in [-0.25, -0.2) is 8.42 Å². The number of nitro benzene ring substituents is 1. The van der Waals surface area contributed by atoms with Gasteiger partial charge >= 0.3 is 0 Å². The minimum absolute atomic E-state index is 0.0482. The SMILES string of the molecule is O=[N+]([O-])c1cccc(S(=O)(=O)N2CCSC(c3ccccc3Cl)CC2)c1. The molecular weight excluding hydrogens is 396 g/mol. The topological polar surface area (TPSA) is 80.5 Å². The van der Waals surface area contributed by atoms with Gasteiger partial charge in [0.15, 0.2) is 0 Å². The molecule has 0 saturated carbocycles. The molecule has 2 aromatic rings. The zero-order valence-corrected chi connectivity index (χ0v) is 16.1. The fourth-order valence-corrected chi connectivity index (χ4v) is 6.09.